The van der Waals surface area contributed by atoms with Crippen LogP contribution in [0.1, 0.15) is 34.4 Å². The molecule has 0 aliphatic carbocycles. The van der Waals surface area contributed by atoms with Crippen LogP contribution in [0, 0.1) is 6.92 Å². The fraction of sp³-hybridized carbons (Fsp3) is 0.154. The number of ether oxygens (including phenoxy) is 2. The van der Waals surface area contributed by atoms with E-state index in [-0.39, 0.29) is 12.1 Å². The van der Waals surface area contributed by atoms with Gasteiger partial charge in [0.15, 0.2) is 0 Å². The summed E-state index contributed by atoms with van der Waals surface area (Å²) in [6.45, 7) is 2.08. The molecule has 164 valence electrons. The lowest BCUT2D eigenvalue weighted by Crippen LogP contribution is -2.32. The monoisotopic (exact) mass is 456 g/mol. The summed E-state index contributed by atoms with van der Waals surface area (Å²) in [6, 6.07) is 22.0. The van der Waals surface area contributed by atoms with Crippen LogP contribution in [0.3, 0.4) is 0 Å². The summed E-state index contributed by atoms with van der Waals surface area (Å²) in [5, 5.41) is 8.71. The van der Waals surface area contributed by atoms with Crippen molar-refractivity contribution >= 4 is 23.2 Å². The maximum Gasteiger partial charge on any atom is 0.226 e. The number of rotatable bonds is 3. The number of fused-ring (bicyclic) bond motifs is 3. The van der Waals surface area contributed by atoms with E-state index in [1.165, 1.54) is 5.56 Å². The van der Waals surface area contributed by atoms with Crippen LogP contribution >= 0.6 is 11.6 Å². The zero-order valence-corrected chi connectivity index (χ0v) is 18.9. The predicted octanol–water partition coefficient (Wildman–Crippen LogP) is 5.81. The van der Waals surface area contributed by atoms with Crippen LogP contribution in [0.5, 0.6) is 11.5 Å². The van der Waals surface area contributed by atoms with Crippen molar-refractivity contribution in [1.82, 2.24) is 14.8 Å². The third kappa shape index (κ3) is 3.26. The summed E-state index contributed by atoms with van der Waals surface area (Å²) >= 11 is 6.40. The molecule has 2 unspecified atom stereocenters. The van der Waals surface area contributed by atoms with E-state index in [1.807, 2.05) is 41.1 Å². The number of aryl methyl sites for hydroxylation is 1. The van der Waals surface area contributed by atoms with Gasteiger partial charge < -0.3 is 14.8 Å². The predicted molar refractivity (Wildman–Crippen MR) is 128 cm³/mol. The molecule has 3 heterocycles. The quantitative estimate of drug-likeness (QED) is 0.421. The smallest absolute Gasteiger partial charge is 0.226 e. The van der Waals surface area contributed by atoms with Crippen molar-refractivity contribution in [3.63, 3.8) is 0 Å². The summed E-state index contributed by atoms with van der Waals surface area (Å²) in [5.41, 5.74) is 6.18. The Morgan fingerprint density at radius 1 is 1.03 bits per heavy atom. The van der Waals surface area contributed by atoms with E-state index >= 15 is 0 Å². The highest BCUT2D eigenvalue weighted by molar-refractivity contribution is 6.30. The van der Waals surface area contributed by atoms with Gasteiger partial charge in [-0.25, -0.2) is 4.68 Å². The van der Waals surface area contributed by atoms with Crippen LogP contribution in [-0.4, -0.2) is 21.9 Å². The lowest BCUT2D eigenvalue weighted by molar-refractivity contribution is 0.222. The van der Waals surface area contributed by atoms with Crippen LogP contribution < -0.4 is 14.8 Å². The number of hydrogen-bond donors (Lipinski definition) is 1. The SMILES string of the molecule is COc1cccc(C2Oc3ccc(Cl)cc3C3=C2C(c2ccc(C)cc2)n2ncnc2N3)c1. The summed E-state index contributed by atoms with van der Waals surface area (Å²) < 4.78 is 14.1. The first-order chi connectivity index (χ1) is 16.1. The van der Waals surface area contributed by atoms with Gasteiger partial charge >= 0.3 is 0 Å². The Labute approximate surface area is 196 Å². The standard InChI is InChI=1S/C26H21ClN4O2/c1-15-6-8-16(9-7-15)24-22-23(30-26-28-14-29-31(24)26)20-13-18(27)10-11-21(20)33-25(22)17-4-3-5-19(12-17)32-2/h3-14,24-25H,1-2H3,(H,28,29,30). The lowest BCUT2D eigenvalue weighted by Gasteiger charge is -2.39. The van der Waals surface area contributed by atoms with E-state index in [0.29, 0.717) is 11.0 Å². The van der Waals surface area contributed by atoms with Gasteiger partial charge in [-0.05, 0) is 42.8 Å². The van der Waals surface area contributed by atoms with Crippen LogP contribution in [0.2, 0.25) is 5.02 Å². The molecule has 4 aromatic rings. The highest BCUT2D eigenvalue weighted by Gasteiger charge is 2.41. The summed E-state index contributed by atoms with van der Waals surface area (Å²) in [7, 11) is 1.67. The fourth-order valence-electron chi connectivity index (χ4n) is 4.59. The highest BCUT2D eigenvalue weighted by Crippen LogP contribution is 2.51. The van der Waals surface area contributed by atoms with E-state index in [1.54, 1.807) is 13.4 Å². The normalized spacial score (nSPS) is 18.5. The van der Waals surface area contributed by atoms with Crippen LogP contribution in [0.25, 0.3) is 5.70 Å². The third-order valence-electron chi connectivity index (χ3n) is 6.17. The van der Waals surface area contributed by atoms with E-state index in [2.05, 4.69) is 52.7 Å². The van der Waals surface area contributed by atoms with Crippen molar-refractivity contribution in [2.75, 3.05) is 12.4 Å². The van der Waals surface area contributed by atoms with Crippen LogP contribution in [0.4, 0.5) is 5.95 Å². The number of methoxy groups -OCH3 is 1. The number of nitrogens with zero attached hydrogens (tertiary/aromatic N) is 3. The number of halogens is 1. The Bertz CT molecular complexity index is 1390. The first-order valence-corrected chi connectivity index (χ1v) is 11.1. The molecule has 0 bridgehead atoms. The zero-order valence-electron chi connectivity index (χ0n) is 18.1. The van der Waals surface area contributed by atoms with Gasteiger partial charge in [-0.3, -0.25) is 0 Å². The minimum atomic E-state index is -0.361. The number of benzene rings is 3. The summed E-state index contributed by atoms with van der Waals surface area (Å²) in [4.78, 5) is 4.47. The van der Waals surface area contributed by atoms with Gasteiger partial charge in [0.2, 0.25) is 5.95 Å². The average molecular weight is 457 g/mol. The molecule has 6 rings (SSSR count). The molecule has 0 spiro atoms. The lowest BCUT2D eigenvalue weighted by atomic mass is 9.84. The molecule has 2 aliphatic heterocycles. The fourth-order valence-corrected chi connectivity index (χ4v) is 4.76. The van der Waals surface area contributed by atoms with Gasteiger partial charge in [0.25, 0.3) is 0 Å². The molecule has 3 aromatic carbocycles. The minimum absolute atomic E-state index is 0.206. The van der Waals surface area contributed by atoms with E-state index in [4.69, 9.17) is 21.1 Å². The van der Waals surface area contributed by atoms with E-state index < -0.39 is 0 Å². The van der Waals surface area contributed by atoms with Crippen molar-refractivity contribution < 1.29 is 9.47 Å². The zero-order chi connectivity index (χ0) is 22.5. The number of anilines is 1. The van der Waals surface area contributed by atoms with Gasteiger partial charge in [-0.15, -0.1) is 0 Å². The second-order valence-electron chi connectivity index (χ2n) is 8.21. The second-order valence-corrected chi connectivity index (χ2v) is 8.65. The first-order valence-electron chi connectivity index (χ1n) is 10.7. The average Bonchev–Trinajstić information content (AvgIpc) is 3.31. The summed E-state index contributed by atoms with van der Waals surface area (Å²) in [6.07, 6.45) is 1.21. The first kappa shape index (κ1) is 19.9. The maximum absolute atomic E-state index is 6.64. The van der Waals surface area contributed by atoms with Gasteiger partial charge in [0.1, 0.15) is 30.0 Å². The molecule has 0 saturated heterocycles. The Hall–Kier alpha value is -3.77. The third-order valence-corrected chi connectivity index (χ3v) is 6.40. The highest BCUT2D eigenvalue weighted by atomic mass is 35.5. The van der Waals surface area contributed by atoms with Gasteiger partial charge in [-0.1, -0.05) is 53.6 Å². The van der Waals surface area contributed by atoms with Crippen molar-refractivity contribution in [1.29, 1.82) is 0 Å². The molecule has 6 nitrogen and oxygen atoms in total. The van der Waals surface area contributed by atoms with Crippen molar-refractivity contribution in [2.24, 2.45) is 0 Å². The van der Waals surface area contributed by atoms with E-state index in [0.717, 1.165) is 39.5 Å². The number of hydrogen-bond acceptors (Lipinski definition) is 5. The molecule has 0 fully saturated rings. The van der Waals surface area contributed by atoms with E-state index in [9.17, 15) is 0 Å². The van der Waals surface area contributed by atoms with Crippen molar-refractivity contribution in [3.05, 3.63) is 106 Å². The van der Waals surface area contributed by atoms with Crippen molar-refractivity contribution in [3.8, 4) is 11.5 Å². The topological polar surface area (TPSA) is 61.2 Å². The Balaban J connectivity index is 1.63. The maximum atomic E-state index is 6.64. The van der Waals surface area contributed by atoms with Gasteiger partial charge in [0.05, 0.1) is 12.8 Å². The molecule has 2 atom stereocenters. The molecule has 0 amide bonds. The Morgan fingerprint density at radius 2 is 1.88 bits per heavy atom. The largest absolute Gasteiger partial charge is 0.497 e. The molecule has 1 aromatic heterocycles. The van der Waals surface area contributed by atoms with Gasteiger partial charge in [0, 0.05) is 21.7 Å². The van der Waals surface area contributed by atoms with Crippen molar-refractivity contribution in [2.45, 2.75) is 19.1 Å². The number of nitrogens with one attached hydrogen (secondary N) is 1. The minimum Gasteiger partial charge on any atom is -0.497 e. The van der Waals surface area contributed by atoms with Crippen LogP contribution in [0.15, 0.2) is 78.6 Å². The van der Waals surface area contributed by atoms with Crippen LogP contribution in [-0.2, 0) is 0 Å². The molecule has 0 saturated carbocycles. The number of aromatic nitrogens is 3. The molecular weight excluding hydrogens is 436 g/mol. The molecule has 1 N–H and O–H groups in total. The summed E-state index contributed by atoms with van der Waals surface area (Å²) in [5.74, 6) is 2.21. The molecule has 7 heteroatoms. The second kappa shape index (κ2) is 7.67. The Morgan fingerprint density at radius 3 is 2.70 bits per heavy atom. The Kier molecular flexibility index (Phi) is 4.62. The van der Waals surface area contributed by atoms with Gasteiger partial charge in [-0.2, -0.15) is 10.1 Å². The molecule has 33 heavy (non-hydrogen) atoms. The molecule has 2 aliphatic rings. The molecule has 0 radical (unpaired) electrons. The molecular formula is C26H21ClN4O2.